The number of hydrogen-bond donors (Lipinski definition) is 1. The Kier molecular flexibility index (Phi) is 6.36. The van der Waals surface area contributed by atoms with Crippen LogP contribution in [-0.2, 0) is 0 Å². The molecule has 0 saturated heterocycles. The van der Waals surface area contributed by atoms with Gasteiger partial charge in [0.15, 0.2) is 0 Å². The van der Waals surface area contributed by atoms with Gasteiger partial charge in [-0.1, -0.05) is 26.7 Å². The zero-order valence-electron chi connectivity index (χ0n) is 11.5. The number of aryl methyl sites for hydroxylation is 1. The van der Waals surface area contributed by atoms with E-state index in [0.29, 0.717) is 0 Å². The van der Waals surface area contributed by atoms with Gasteiger partial charge in [-0.2, -0.15) is 0 Å². The zero-order valence-corrected chi connectivity index (χ0v) is 14.0. The topological polar surface area (TPSA) is 29.1 Å². The molecule has 0 spiro atoms. The normalized spacial score (nSPS) is 12.8. The number of carbonyl (C=O) groups is 1. The van der Waals surface area contributed by atoms with Crippen LogP contribution in [0.5, 0.6) is 0 Å². The lowest BCUT2D eigenvalue weighted by Crippen LogP contribution is -2.32. The molecule has 102 valence electrons. The Balaban J connectivity index is 2.39. The molecule has 1 unspecified atom stereocenters. The molecular formula is C14H22BrNOS. The van der Waals surface area contributed by atoms with Crippen LogP contribution in [-0.4, -0.2) is 11.9 Å². The van der Waals surface area contributed by atoms with Crippen LogP contribution in [0.15, 0.2) is 9.85 Å². The van der Waals surface area contributed by atoms with Crippen molar-refractivity contribution in [2.45, 2.75) is 53.0 Å². The van der Waals surface area contributed by atoms with Gasteiger partial charge in [0.2, 0.25) is 0 Å². The third kappa shape index (κ3) is 5.11. The minimum Gasteiger partial charge on any atom is -0.349 e. The van der Waals surface area contributed by atoms with Crippen molar-refractivity contribution in [3.63, 3.8) is 0 Å². The highest BCUT2D eigenvalue weighted by atomic mass is 79.9. The first-order valence-corrected chi connectivity index (χ1v) is 8.08. The standard InChI is InChI=1S/C14H22BrNOS/c1-9(2)6-5-7-11(4)16-14(17)12-8-10(3)13(15)18-12/h8-9,11H,5-7H2,1-4H3,(H,16,17). The van der Waals surface area contributed by atoms with Crippen molar-refractivity contribution >= 4 is 33.2 Å². The first-order valence-electron chi connectivity index (χ1n) is 6.47. The van der Waals surface area contributed by atoms with Gasteiger partial charge in [-0.25, -0.2) is 0 Å². The fraction of sp³-hybridized carbons (Fsp3) is 0.643. The summed E-state index contributed by atoms with van der Waals surface area (Å²) in [5.74, 6) is 0.787. The number of rotatable bonds is 6. The van der Waals surface area contributed by atoms with Gasteiger partial charge in [0.1, 0.15) is 0 Å². The number of carbonyl (C=O) groups excluding carboxylic acids is 1. The van der Waals surface area contributed by atoms with Crippen LogP contribution >= 0.6 is 27.3 Å². The summed E-state index contributed by atoms with van der Waals surface area (Å²) in [4.78, 5) is 12.8. The van der Waals surface area contributed by atoms with Crippen molar-refractivity contribution < 1.29 is 4.79 Å². The molecule has 0 aromatic carbocycles. The molecule has 0 radical (unpaired) electrons. The fourth-order valence-corrected chi connectivity index (χ4v) is 3.21. The van der Waals surface area contributed by atoms with E-state index in [9.17, 15) is 4.79 Å². The predicted molar refractivity (Wildman–Crippen MR) is 82.4 cm³/mol. The molecule has 4 heteroatoms. The number of thiophene rings is 1. The molecule has 0 bridgehead atoms. The molecule has 0 saturated carbocycles. The fourth-order valence-electron chi connectivity index (χ4n) is 1.77. The van der Waals surface area contributed by atoms with E-state index in [1.165, 1.54) is 24.2 Å². The zero-order chi connectivity index (χ0) is 13.7. The van der Waals surface area contributed by atoms with E-state index >= 15 is 0 Å². The predicted octanol–water partition coefficient (Wildman–Crippen LogP) is 4.76. The smallest absolute Gasteiger partial charge is 0.261 e. The summed E-state index contributed by atoms with van der Waals surface area (Å²) in [7, 11) is 0. The molecule has 1 amide bonds. The maximum atomic E-state index is 12.0. The molecule has 0 fully saturated rings. The summed E-state index contributed by atoms with van der Waals surface area (Å²) in [6, 6.07) is 2.18. The van der Waals surface area contributed by atoms with Gasteiger partial charge >= 0.3 is 0 Å². The number of hydrogen-bond acceptors (Lipinski definition) is 2. The van der Waals surface area contributed by atoms with E-state index in [0.717, 1.165) is 26.6 Å². The van der Waals surface area contributed by atoms with Crippen molar-refractivity contribution in [3.8, 4) is 0 Å². The SMILES string of the molecule is Cc1cc(C(=O)NC(C)CCCC(C)C)sc1Br. The van der Waals surface area contributed by atoms with Crippen molar-refractivity contribution in [1.29, 1.82) is 0 Å². The van der Waals surface area contributed by atoms with Crippen LogP contribution in [0.4, 0.5) is 0 Å². The maximum Gasteiger partial charge on any atom is 0.261 e. The van der Waals surface area contributed by atoms with Crippen LogP contribution in [0.25, 0.3) is 0 Å². The summed E-state index contributed by atoms with van der Waals surface area (Å²) < 4.78 is 1.04. The average molecular weight is 332 g/mol. The van der Waals surface area contributed by atoms with E-state index in [4.69, 9.17) is 0 Å². The van der Waals surface area contributed by atoms with Gasteiger partial charge in [-0.05, 0) is 53.7 Å². The number of nitrogens with one attached hydrogen (secondary N) is 1. The van der Waals surface area contributed by atoms with Gasteiger partial charge in [-0.15, -0.1) is 11.3 Å². The number of amides is 1. The van der Waals surface area contributed by atoms with E-state index in [2.05, 4.69) is 42.0 Å². The third-order valence-corrected chi connectivity index (χ3v) is 5.01. The lowest BCUT2D eigenvalue weighted by atomic mass is 10.0. The molecular weight excluding hydrogens is 310 g/mol. The van der Waals surface area contributed by atoms with Gasteiger partial charge in [0.05, 0.1) is 8.66 Å². The summed E-state index contributed by atoms with van der Waals surface area (Å²) in [5, 5.41) is 3.06. The highest BCUT2D eigenvalue weighted by Gasteiger charge is 2.13. The molecule has 1 rings (SSSR count). The third-order valence-electron chi connectivity index (χ3n) is 2.88. The Morgan fingerprint density at radius 1 is 1.39 bits per heavy atom. The van der Waals surface area contributed by atoms with Gasteiger partial charge in [-0.3, -0.25) is 4.79 Å². The average Bonchev–Trinajstić information content (AvgIpc) is 2.58. The van der Waals surface area contributed by atoms with Crippen molar-refractivity contribution in [3.05, 3.63) is 20.3 Å². The lowest BCUT2D eigenvalue weighted by Gasteiger charge is -2.13. The van der Waals surface area contributed by atoms with Crippen LogP contribution in [0.1, 0.15) is 55.3 Å². The highest BCUT2D eigenvalue weighted by molar-refractivity contribution is 9.11. The van der Waals surface area contributed by atoms with Crippen molar-refractivity contribution in [2.24, 2.45) is 5.92 Å². The molecule has 1 N–H and O–H groups in total. The van der Waals surface area contributed by atoms with Crippen LogP contribution in [0.3, 0.4) is 0 Å². The molecule has 2 nitrogen and oxygen atoms in total. The Morgan fingerprint density at radius 3 is 2.56 bits per heavy atom. The van der Waals surface area contributed by atoms with Crippen LogP contribution < -0.4 is 5.32 Å². The molecule has 1 heterocycles. The second-order valence-electron chi connectivity index (χ2n) is 5.27. The molecule has 1 aromatic rings. The summed E-state index contributed by atoms with van der Waals surface area (Å²) in [6.07, 6.45) is 3.45. The molecule has 0 aliphatic heterocycles. The van der Waals surface area contributed by atoms with Gasteiger partial charge in [0.25, 0.3) is 5.91 Å². The van der Waals surface area contributed by atoms with Crippen LogP contribution in [0.2, 0.25) is 0 Å². The van der Waals surface area contributed by atoms with Crippen molar-refractivity contribution in [2.75, 3.05) is 0 Å². The Labute approximate surface area is 122 Å². The maximum absolute atomic E-state index is 12.0. The number of halogens is 1. The largest absolute Gasteiger partial charge is 0.349 e. The van der Waals surface area contributed by atoms with Gasteiger partial charge in [0, 0.05) is 6.04 Å². The molecule has 1 aromatic heterocycles. The van der Waals surface area contributed by atoms with E-state index < -0.39 is 0 Å². The molecule has 1 atom stereocenters. The Bertz CT molecular complexity index is 381. The van der Waals surface area contributed by atoms with E-state index in [-0.39, 0.29) is 11.9 Å². The summed E-state index contributed by atoms with van der Waals surface area (Å²) >= 11 is 4.94. The Hall–Kier alpha value is -0.350. The Morgan fingerprint density at radius 2 is 2.06 bits per heavy atom. The minimum absolute atomic E-state index is 0.0471. The highest BCUT2D eigenvalue weighted by Crippen LogP contribution is 2.27. The second-order valence-corrected chi connectivity index (χ2v) is 7.64. The summed E-state index contributed by atoms with van der Waals surface area (Å²) in [5.41, 5.74) is 1.12. The summed E-state index contributed by atoms with van der Waals surface area (Å²) in [6.45, 7) is 8.54. The first kappa shape index (κ1) is 15.7. The molecule has 0 aliphatic carbocycles. The quantitative estimate of drug-likeness (QED) is 0.799. The molecule has 0 aliphatic rings. The monoisotopic (exact) mass is 331 g/mol. The lowest BCUT2D eigenvalue weighted by molar-refractivity contribution is 0.0942. The van der Waals surface area contributed by atoms with Crippen LogP contribution in [0, 0.1) is 12.8 Å². The van der Waals surface area contributed by atoms with Gasteiger partial charge < -0.3 is 5.32 Å². The molecule has 18 heavy (non-hydrogen) atoms. The first-order chi connectivity index (χ1) is 8.40. The minimum atomic E-state index is 0.0471. The second kappa shape index (κ2) is 7.29. The van der Waals surface area contributed by atoms with E-state index in [1.807, 2.05) is 13.0 Å². The van der Waals surface area contributed by atoms with Crippen molar-refractivity contribution in [1.82, 2.24) is 5.32 Å². The van der Waals surface area contributed by atoms with E-state index in [1.54, 1.807) is 0 Å².